The van der Waals surface area contributed by atoms with Gasteiger partial charge in [-0.25, -0.2) is 10.1 Å². The third kappa shape index (κ3) is 3.62. The van der Waals surface area contributed by atoms with E-state index in [0.29, 0.717) is 10.8 Å². The van der Waals surface area contributed by atoms with Gasteiger partial charge in [0.25, 0.3) is 11.5 Å². The van der Waals surface area contributed by atoms with Crippen LogP contribution in [0.25, 0.3) is 10.8 Å². The maximum atomic E-state index is 12.7. The summed E-state index contributed by atoms with van der Waals surface area (Å²) in [5.41, 5.74) is 3.70. The number of hydrogen-bond acceptors (Lipinski definition) is 4. The highest BCUT2D eigenvalue weighted by atomic mass is 16.2. The summed E-state index contributed by atoms with van der Waals surface area (Å²) in [6.07, 6.45) is 4.05. The summed E-state index contributed by atoms with van der Waals surface area (Å²) in [6, 6.07) is 6.94. The van der Waals surface area contributed by atoms with Crippen LogP contribution in [0.2, 0.25) is 0 Å². The van der Waals surface area contributed by atoms with Gasteiger partial charge in [0, 0.05) is 11.1 Å². The predicted octanol–water partition coefficient (Wildman–Crippen LogP) is 3.27. The molecule has 1 aromatic heterocycles. The molecule has 1 heterocycles. The van der Waals surface area contributed by atoms with Gasteiger partial charge in [-0.15, -0.1) is 0 Å². The molecular weight excluding hydrogens is 316 g/mol. The first-order valence-corrected chi connectivity index (χ1v) is 8.84. The van der Waals surface area contributed by atoms with Crippen LogP contribution in [0, 0.1) is 5.92 Å². The first-order valence-electron chi connectivity index (χ1n) is 8.84. The molecule has 1 N–H and O–H groups in total. The first kappa shape index (κ1) is 17.3. The van der Waals surface area contributed by atoms with Gasteiger partial charge in [-0.05, 0) is 51.5 Å². The van der Waals surface area contributed by atoms with Crippen molar-refractivity contribution in [2.45, 2.75) is 52.5 Å². The number of hydrogen-bond donors (Lipinski definition) is 1. The van der Waals surface area contributed by atoms with Crippen molar-refractivity contribution in [1.29, 1.82) is 0 Å². The number of benzene rings is 1. The van der Waals surface area contributed by atoms with Gasteiger partial charge in [-0.2, -0.15) is 10.2 Å². The molecule has 1 aliphatic carbocycles. The third-order valence-electron chi connectivity index (χ3n) is 4.70. The molecule has 132 valence electrons. The zero-order valence-corrected chi connectivity index (χ0v) is 15.0. The fourth-order valence-corrected chi connectivity index (χ4v) is 3.11. The van der Waals surface area contributed by atoms with Crippen molar-refractivity contribution in [1.82, 2.24) is 15.2 Å². The van der Waals surface area contributed by atoms with Crippen LogP contribution in [0.15, 0.2) is 34.2 Å². The van der Waals surface area contributed by atoms with Gasteiger partial charge in [0.1, 0.15) is 0 Å². The number of nitrogens with zero attached hydrogens (tertiary/aromatic N) is 3. The fraction of sp³-hybridized carbons (Fsp3) is 0.474. The Hall–Kier alpha value is -2.50. The first-order chi connectivity index (χ1) is 12.0. The summed E-state index contributed by atoms with van der Waals surface area (Å²) in [4.78, 5) is 25.2. The number of nitrogens with one attached hydrogen (secondary N) is 1. The summed E-state index contributed by atoms with van der Waals surface area (Å²) in [5.74, 6) is 0.339. The van der Waals surface area contributed by atoms with E-state index in [1.54, 1.807) is 24.3 Å². The van der Waals surface area contributed by atoms with Crippen molar-refractivity contribution in [2.24, 2.45) is 11.0 Å². The van der Waals surface area contributed by atoms with Crippen molar-refractivity contribution in [3.05, 3.63) is 40.3 Å². The maximum absolute atomic E-state index is 12.7. The summed E-state index contributed by atoms with van der Waals surface area (Å²) in [7, 11) is 0. The van der Waals surface area contributed by atoms with E-state index >= 15 is 0 Å². The molecular formula is C19H24N4O2. The molecule has 0 unspecified atom stereocenters. The lowest BCUT2D eigenvalue weighted by Gasteiger charge is -2.18. The Bertz CT molecular complexity index is 873. The van der Waals surface area contributed by atoms with Crippen molar-refractivity contribution < 1.29 is 4.79 Å². The lowest BCUT2D eigenvalue weighted by Crippen LogP contribution is -2.30. The quantitative estimate of drug-likeness (QED) is 0.871. The molecule has 0 radical (unpaired) electrons. The second-order valence-electron chi connectivity index (χ2n) is 7.04. The minimum atomic E-state index is -0.378. The number of carbonyl (C=O) groups excluding carboxylic acids is 1. The van der Waals surface area contributed by atoms with Crippen LogP contribution in [0.1, 0.15) is 63.0 Å². The van der Waals surface area contributed by atoms with Crippen LogP contribution in [-0.4, -0.2) is 21.4 Å². The highest BCUT2D eigenvalue weighted by Gasteiger charge is 2.18. The molecule has 0 atom stereocenters. The Labute approximate surface area is 146 Å². The lowest BCUT2D eigenvalue weighted by molar-refractivity contribution is 0.0948. The highest BCUT2D eigenvalue weighted by Crippen LogP contribution is 2.21. The van der Waals surface area contributed by atoms with Gasteiger partial charge in [0.15, 0.2) is 5.69 Å². The van der Waals surface area contributed by atoms with Crippen LogP contribution in [0.4, 0.5) is 0 Å². The summed E-state index contributed by atoms with van der Waals surface area (Å²) >= 11 is 0. The van der Waals surface area contributed by atoms with Crippen LogP contribution in [0.5, 0.6) is 0 Å². The summed E-state index contributed by atoms with van der Waals surface area (Å²) in [6.45, 7) is 5.98. The highest BCUT2D eigenvalue weighted by molar-refractivity contribution is 6.05. The van der Waals surface area contributed by atoms with Gasteiger partial charge in [0.2, 0.25) is 0 Å². The Morgan fingerprint density at radius 2 is 1.88 bits per heavy atom. The lowest BCUT2D eigenvalue weighted by atomic mass is 9.90. The normalized spacial score (nSPS) is 17.8. The molecule has 0 aliphatic heterocycles. The molecule has 6 nitrogen and oxygen atoms in total. The predicted molar refractivity (Wildman–Crippen MR) is 98.9 cm³/mol. The van der Waals surface area contributed by atoms with E-state index in [0.717, 1.165) is 37.3 Å². The van der Waals surface area contributed by atoms with E-state index in [-0.39, 0.29) is 23.2 Å². The standard InChI is InChI=1S/C19H24N4O2/c1-12(2)23-19(25)16-7-5-4-6-15(16)17(22-23)18(24)21-20-14-10-8-13(3)9-11-14/h4-7,12-13H,8-11H2,1-3H3,(H,21,24). The van der Waals surface area contributed by atoms with Crippen molar-refractivity contribution >= 4 is 22.4 Å². The zero-order chi connectivity index (χ0) is 18.0. The minimum Gasteiger partial charge on any atom is -0.267 e. The average Bonchev–Trinajstić information content (AvgIpc) is 2.61. The zero-order valence-electron chi connectivity index (χ0n) is 15.0. The van der Waals surface area contributed by atoms with E-state index in [2.05, 4.69) is 22.5 Å². The second-order valence-corrected chi connectivity index (χ2v) is 7.04. The minimum absolute atomic E-state index is 0.130. The number of amides is 1. The SMILES string of the molecule is CC1CCC(=NNC(=O)c2nn(C(C)C)c(=O)c3ccccc23)CC1. The van der Waals surface area contributed by atoms with Crippen molar-refractivity contribution in [3.63, 3.8) is 0 Å². The van der Waals surface area contributed by atoms with Crippen LogP contribution in [0.3, 0.4) is 0 Å². The molecule has 1 aliphatic rings. The Morgan fingerprint density at radius 3 is 2.52 bits per heavy atom. The van der Waals surface area contributed by atoms with Crippen LogP contribution < -0.4 is 11.0 Å². The Balaban J connectivity index is 1.94. The fourth-order valence-electron chi connectivity index (χ4n) is 3.11. The molecule has 25 heavy (non-hydrogen) atoms. The van der Waals surface area contributed by atoms with Gasteiger partial charge in [-0.1, -0.05) is 25.1 Å². The molecule has 6 heteroatoms. The van der Waals surface area contributed by atoms with Gasteiger partial charge < -0.3 is 0 Å². The monoisotopic (exact) mass is 340 g/mol. The van der Waals surface area contributed by atoms with Crippen LogP contribution >= 0.6 is 0 Å². The van der Waals surface area contributed by atoms with E-state index in [4.69, 9.17) is 0 Å². The number of hydrazone groups is 1. The molecule has 0 bridgehead atoms. The van der Waals surface area contributed by atoms with E-state index in [1.165, 1.54) is 4.68 Å². The maximum Gasteiger partial charge on any atom is 0.292 e. The summed E-state index contributed by atoms with van der Waals surface area (Å²) in [5, 5.41) is 9.64. The molecule has 1 amide bonds. The molecule has 0 saturated heterocycles. The number of fused-ring (bicyclic) bond motifs is 1. The van der Waals surface area contributed by atoms with E-state index < -0.39 is 0 Å². The average molecular weight is 340 g/mol. The Morgan fingerprint density at radius 1 is 1.24 bits per heavy atom. The van der Waals surface area contributed by atoms with Crippen molar-refractivity contribution in [2.75, 3.05) is 0 Å². The second kappa shape index (κ2) is 7.17. The number of rotatable bonds is 3. The van der Waals surface area contributed by atoms with Gasteiger partial charge >= 0.3 is 0 Å². The van der Waals surface area contributed by atoms with E-state index in [9.17, 15) is 9.59 Å². The van der Waals surface area contributed by atoms with Gasteiger partial charge in [-0.3, -0.25) is 9.59 Å². The molecule has 1 saturated carbocycles. The summed E-state index contributed by atoms with van der Waals surface area (Å²) < 4.78 is 1.35. The molecule has 1 fully saturated rings. The number of aromatic nitrogens is 2. The molecule has 2 aromatic rings. The van der Waals surface area contributed by atoms with E-state index in [1.807, 2.05) is 13.8 Å². The largest absolute Gasteiger partial charge is 0.292 e. The van der Waals surface area contributed by atoms with Crippen LogP contribution in [-0.2, 0) is 0 Å². The molecule has 3 rings (SSSR count). The number of carbonyl (C=O) groups is 1. The smallest absolute Gasteiger partial charge is 0.267 e. The van der Waals surface area contributed by atoms with Crippen molar-refractivity contribution in [3.8, 4) is 0 Å². The molecule has 0 spiro atoms. The molecule has 1 aromatic carbocycles. The third-order valence-corrected chi connectivity index (χ3v) is 4.70. The topological polar surface area (TPSA) is 76.3 Å². The van der Waals surface area contributed by atoms with Gasteiger partial charge in [0.05, 0.1) is 11.4 Å². The Kier molecular flexibility index (Phi) is 4.97.